The molecule has 216 valence electrons. The van der Waals surface area contributed by atoms with Crippen LogP contribution in [-0.2, 0) is 28.6 Å². The van der Waals surface area contributed by atoms with Crippen LogP contribution in [0, 0.1) is 0 Å². The van der Waals surface area contributed by atoms with Crippen molar-refractivity contribution in [2.24, 2.45) is 5.73 Å². The molecule has 1 unspecified atom stereocenters. The summed E-state index contributed by atoms with van der Waals surface area (Å²) in [6.45, 7) is 4.66. The minimum Gasteiger partial charge on any atom is -0.447 e. The minimum atomic E-state index is -0.858. The minimum absolute atomic E-state index is 0.0995. The molecule has 9 nitrogen and oxygen atoms in total. The standard InChI is InChI=1S/C26H32N4O2S.C4H9NO2/c1-33(32)17-16-30-24(19-27-25(30)22-10-6-3-7-11-22)21-12-14-23(15-13-21)29-26(31)28-18-20-8-4-2-5-9-20;1-3(2)7-4(5)6/h2,4-5,8-9,12-15,19,22H,3,6-7,10-11,16-18H2,1H3,(H2,28,29,31);3H,1-2H3,(H2,5,6). The molecule has 4 N–H and O–H groups in total. The zero-order valence-electron chi connectivity index (χ0n) is 23.6. The van der Waals surface area contributed by atoms with Gasteiger partial charge in [0.1, 0.15) is 5.82 Å². The predicted octanol–water partition coefficient (Wildman–Crippen LogP) is 5.79. The highest BCUT2D eigenvalue weighted by Crippen LogP contribution is 2.34. The van der Waals surface area contributed by atoms with Crippen LogP contribution in [0.5, 0.6) is 0 Å². The van der Waals surface area contributed by atoms with Gasteiger partial charge in [-0.3, -0.25) is 4.21 Å². The van der Waals surface area contributed by atoms with Gasteiger partial charge in [0, 0.05) is 47.5 Å². The van der Waals surface area contributed by atoms with Gasteiger partial charge in [0.25, 0.3) is 0 Å². The van der Waals surface area contributed by atoms with Gasteiger partial charge >= 0.3 is 12.1 Å². The van der Waals surface area contributed by atoms with Crippen LogP contribution in [0.2, 0.25) is 0 Å². The summed E-state index contributed by atoms with van der Waals surface area (Å²) in [6.07, 6.45) is 9.03. The summed E-state index contributed by atoms with van der Waals surface area (Å²) in [5.41, 5.74) is 8.51. The Morgan fingerprint density at radius 3 is 2.33 bits per heavy atom. The van der Waals surface area contributed by atoms with Crippen molar-refractivity contribution >= 4 is 28.6 Å². The van der Waals surface area contributed by atoms with Gasteiger partial charge in [-0.2, -0.15) is 0 Å². The molecule has 1 saturated carbocycles. The van der Waals surface area contributed by atoms with Crippen molar-refractivity contribution in [3.05, 3.63) is 72.2 Å². The normalized spacial score (nSPS) is 14.1. The lowest BCUT2D eigenvalue weighted by Gasteiger charge is -2.23. The van der Waals surface area contributed by atoms with Crippen LogP contribution in [0.25, 0.3) is 11.3 Å². The number of primary amides is 1. The highest BCUT2D eigenvalue weighted by atomic mass is 32.2. The maximum Gasteiger partial charge on any atom is 0.404 e. The Kier molecular flexibility index (Phi) is 12.2. The van der Waals surface area contributed by atoms with Gasteiger partial charge in [0.15, 0.2) is 0 Å². The molecule has 2 aromatic carbocycles. The number of nitrogens with zero attached hydrogens (tertiary/aromatic N) is 2. The molecule has 1 aromatic heterocycles. The molecule has 1 aliphatic carbocycles. The number of anilines is 1. The number of hydrogen-bond donors (Lipinski definition) is 3. The zero-order valence-corrected chi connectivity index (χ0v) is 24.4. The number of rotatable bonds is 9. The molecule has 1 heterocycles. The van der Waals surface area contributed by atoms with Gasteiger partial charge in [0.05, 0.1) is 18.0 Å². The third-order valence-corrected chi connectivity index (χ3v) is 7.30. The molecule has 0 saturated heterocycles. The predicted molar refractivity (Wildman–Crippen MR) is 161 cm³/mol. The maximum atomic E-state index is 12.3. The first kappa shape index (κ1) is 30.9. The van der Waals surface area contributed by atoms with Crippen molar-refractivity contribution in [1.29, 1.82) is 0 Å². The lowest BCUT2D eigenvalue weighted by molar-refractivity contribution is 0.125. The number of ether oxygens (including phenoxy) is 1. The molecular formula is C30H41N5O4S. The second kappa shape index (κ2) is 15.8. The third kappa shape index (κ3) is 10.1. The average Bonchev–Trinajstić information content (AvgIpc) is 3.36. The summed E-state index contributed by atoms with van der Waals surface area (Å²) in [5.74, 6) is 2.22. The van der Waals surface area contributed by atoms with E-state index in [1.165, 1.54) is 32.1 Å². The Labute approximate surface area is 239 Å². The third-order valence-electron chi connectivity index (χ3n) is 6.55. The molecule has 3 aromatic rings. The number of imidazole rings is 1. The first-order chi connectivity index (χ1) is 19.2. The van der Waals surface area contributed by atoms with E-state index in [0.29, 0.717) is 24.8 Å². The monoisotopic (exact) mass is 567 g/mol. The van der Waals surface area contributed by atoms with Crippen LogP contribution in [-0.4, -0.2) is 44.0 Å². The second-order valence-electron chi connectivity index (χ2n) is 10.1. The van der Waals surface area contributed by atoms with Crippen molar-refractivity contribution in [2.45, 2.75) is 71.1 Å². The molecule has 0 bridgehead atoms. The van der Waals surface area contributed by atoms with Crippen molar-refractivity contribution in [1.82, 2.24) is 14.9 Å². The largest absolute Gasteiger partial charge is 0.447 e. The van der Waals surface area contributed by atoms with Crippen molar-refractivity contribution in [3.63, 3.8) is 0 Å². The summed E-state index contributed by atoms with van der Waals surface area (Å²) in [5, 5.41) is 5.77. The number of urea groups is 1. The molecular weight excluding hydrogens is 526 g/mol. The molecule has 40 heavy (non-hydrogen) atoms. The Morgan fingerprint density at radius 2 is 1.75 bits per heavy atom. The number of amides is 3. The van der Waals surface area contributed by atoms with E-state index in [9.17, 15) is 13.8 Å². The maximum absolute atomic E-state index is 12.3. The van der Waals surface area contributed by atoms with E-state index in [4.69, 9.17) is 4.98 Å². The SMILES string of the molecule is CC(C)OC(N)=O.CS(=O)CCn1c(-c2ccc(NC(=O)NCc3ccccc3)cc2)cnc1C1CCCCC1. The Morgan fingerprint density at radius 1 is 1.07 bits per heavy atom. The fourth-order valence-corrected chi connectivity index (χ4v) is 5.11. The number of nitrogens with one attached hydrogen (secondary N) is 2. The number of hydrogen-bond acceptors (Lipinski definition) is 5. The van der Waals surface area contributed by atoms with E-state index in [-0.39, 0.29) is 12.1 Å². The van der Waals surface area contributed by atoms with Gasteiger partial charge in [0.2, 0.25) is 0 Å². The van der Waals surface area contributed by atoms with E-state index in [2.05, 4.69) is 25.7 Å². The first-order valence-electron chi connectivity index (χ1n) is 13.7. The second-order valence-corrected chi connectivity index (χ2v) is 11.7. The summed E-state index contributed by atoms with van der Waals surface area (Å²) < 4.78 is 18.4. The smallest absolute Gasteiger partial charge is 0.404 e. The number of aromatic nitrogens is 2. The first-order valence-corrected chi connectivity index (χ1v) is 15.5. The molecule has 1 atom stereocenters. The Balaban J connectivity index is 0.000000559. The molecule has 4 rings (SSSR count). The number of carbonyl (C=O) groups excluding carboxylic acids is 2. The topological polar surface area (TPSA) is 128 Å². The van der Waals surface area contributed by atoms with Crippen LogP contribution >= 0.6 is 0 Å². The quantitative estimate of drug-likeness (QED) is 0.302. The van der Waals surface area contributed by atoms with Crippen molar-refractivity contribution < 1.29 is 18.5 Å². The van der Waals surface area contributed by atoms with Crippen LogP contribution < -0.4 is 16.4 Å². The number of benzene rings is 2. The average molecular weight is 568 g/mol. The lowest BCUT2D eigenvalue weighted by atomic mass is 9.88. The summed E-state index contributed by atoms with van der Waals surface area (Å²) >= 11 is 0. The lowest BCUT2D eigenvalue weighted by Crippen LogP contribution is -2.28. The Hall–Kier alpha value is -3.66. The van der Waals surface area contributed by atoms with Gasteiger partial charge in [-0.1, -0.05) is 61.7 Å². The summed E-state index contributed by atoms with van der Waals surface area (Å²) in [6, 6.07) is 17.4. The van der Waals surface area contributed by atoms with Gasteiger partial charge in [-0.05, 0) is 49.9 Å². The van der Waals surface area contributed by atoms with Crippen molar-refractivity contribution in [3.8, 4) is 11.3 Å². The molecule has 0 aliphatic heterocycles. The fourth-order valence-electron chi connectivity index (χ4n) is 4.67. The Bertz CT molecular complexity index is 1240. The number of nitrogens with two attached hydrogens (primary N) is 1. The summed E-state index contributed by atoms with van der Waals surface area (Å²) in [7, 11) is -0.858. The van der Waals surface area contributed by atoms with E-state index >= 15 is 0 Å². The van der Waals surface area contributed by atoms with Crippen LogP contribution in [0.3, 0.4) is 0 Å². The van der Waals surface area contributed by atoms with E-state index < -0.39 is 16.9 Å². The van der Waals surface area contributed by atoms with Crippen LogP contribution in [0.15, 0.2) is 60.8 Å². The molecule has 1 aliphatic rings. The highest BCUT2D eigenvalue weighted by Gasteiger charge is 2.22. The fraction of sp³-hybridized carbons (Fsp3) is 0.433. The summed E-state index contributed by atoms with van der Waals surface area (Å²) in [4.78, 5) is 26.9. The van der Waals surface area contributed by atoms with Crippen LogP contribution in [0.1, 0.15) is 63.3 Å². The molecule has 3 amide bonds. The highest BCUT2D eigenvalue weighted by molar-refractivity contribution is 7.84. The van der Waals surface area contributed by atoms with Gasteiger partial charge < -0.3 is 25.7 Å². The van der Waals surface area contributed by atoms with E-state index in [1.54, 1.807) is 20.1 Å². The number of carbonyl (C=O) groups is 2. The molecule has 0 radical (unpaired) electrons. The van der Waals surface area contributed by atoms with Gasteiger partial charge in [-0.25, -0.2) is 14.6 Å². The van der Waals surface area contributed by atoms with Gasteiger partial charge in [-0.15, -0.1) is 0 Å². The molecule has 0 spiro atoms. The van der Waals surface area contributed by atoms with Crippen molar-refractivity contribution in [2.75, 3.05) is 17.3 Å². The van der Waals surface area contributed by atoms with Crippen LogP contribution in [0.4, 0.5) is 15.3 Å². The van der Waals surface area contributed by atoms with E-state index in [1.807, 2.05) is 60.8 Å². The molecule has 10 heteroatoms. The molecule has 1 fully saturated rings. The van der Waals surface area contributed by atoms with E-state index in [0.717, 1.165) is 28.3 Å². The zero-order chi connectivity index (χ0) is 28.9.